The SMILES string of the molecule is CN1CC2(C[C@H]1C(=O)O)SCCCS2.C[C@@H]1CC2(CN1C)SCCCS2. The molecule has 0 saturated carbocycles. The molecule has 26 heavy (non-hydrogen) atoms. The van der Waals surface area contributed by atoms with Gasteiger partial charge in [0.1, 0.15) is 6.04 Å². The molecule has 0 aliphatic carbocycles. The summed E-state index contributed by atoms with van der Waals surface area (Å²) in [6.45, 7) is 4.56. The zero-order valence-electron chi connectivity index (χ0n) is 16.1. The van der Waals surface area contributed by atoms with Crippen LogP contribution in [0.3, 0.4) is 0 Å². The van der Waals surface area contributed by atoms with Crippen LogP contribution in [-0.2, 0) is 4.79 Å². The molecule has 0 amide bonds. The monoisotopic (exact) mass is 436 g/mol. The molecule has 4 aliphatic rings. The molecule has 0 aromatic rings. The summed E-state index contributed by atoms with van der Waals surface area (Å²) in [5.74, 6) is 4.47. The van der Waals surface area contributed by atoms with Crippen molar-refractivity contribution in [3.8, 4) is 0 Å². The molecule has 1 N–H and O–H groups in total. The van der Waals surface area contributed by atoms with Gasteiger partial charge in [-0.3, -0.25) is 9.69 Å². The number of rotatable bonds is 1. The average molecular weight is 437 g/mol. The van der Waals surface area contributed by atoms with Gasteiger partial charge < -0.3 is 10.0 Å². The number of likely N-dealkylation sites (tertiary alicyclic amines) is 2. The van der Waals surface area contributed by atoms with Crippen molar-refractivity contribution in [1.29, 1.82) is 0 Å². The molecule has 150 valence electrons. The normalized spacial score (nSPS) is 34.0. The van der Waals surface area contributed by atoms with E-state index in [0.29, 0.717) is 4.08 Å². The Morgan fingerprint density at radius 2 is 1.35 bits per heavy atom. The maximum atomic E-state index is 11.0. The van der Waals surface area contributed by atoms with E-state index in [1.54, 1.807) is 0 Å². The van der Waals surface area contributed by atoms with Gasteiger partial charge in [0.05, 0.1) is 8.16 Å². The molecular weight excluding hydrogens is 404 g/mol. The Bertz CT molecular complexity index is 484. The van der Waals surface area contributed by atoms with Crippen LogP contribution < -0.4 is 0 Å². The van der Waals surface area contributed by atoms with Crippen LogP contribution in [0.4, 0.5) is 0 Å². The van der Waals surface area contributed by atoms with Crippen molar-refractivity contribution in [2.75, 3.05) is 50.2 Å². The number of carbonyl (C=O) groups is 1. The first kappa shape index (κ1) is 21.5. The molecule has 2 atom stereocenters. The zero-order chi connectivity index (χ0) is 18.8. The highest BCUT2D eigenvalue weighted by Gasteiger charge is 2.47. The first-order chi connectivity index (χ1) is 12.3. The number of thioether (sulfide) groups is 4. The summed E-state index contributed by atoms with van der Waals surface area (Å²) in [6, 6.07) is 0.524. The van der Waals surface area contributed by atoms with Crippen molar-refractivity contribution in [2.45, 2.75) is 52.8 Å². The molecule has 4 nitrogen and oxygen atoms in total. The standard InChI is InChI=1S/C9H15NO2S2.C9H17NS2/c1-10-6-9(5-7(10)8(11)12)13-3-2-4-14-9;1-8-6-9(7-10(8)2)11-4-3-5-12-9/h7H,2-6H2,1H3,(H,11,12);8H,3-7H2,1-2H3/t7-;8-/m01/s1. The van der Waals surface area contributed by atoms with Gasteiger partial charge in [-0.15, -0.1) is 47.0 Å². The molecule has 4 saturated heterocycles. The van der Waals surface area contributed by atoms with E-state index in [0.717, 1.165) is 19.0 Å². The lowest BCUT2D eigenvalue weighted by Crippen LogP contribution is -2.32. The van der Waals surface area contributed by atoms with Crippen molar-refractivity contribution in [2.24, 2.45) is 0 Å². The number of nitrogens with zero attached hydrogens (tertiary/aromatic N) is 2. The molecule has 4 fully saturated rings. The van der Waals surface area contributed by atoms with Gasteiger partial charge in [-0.1, -0.05) is 0 Å². The van der Waals surface area contributed by atoms with Crippen LogP contribution in [0.25, 0.3) is 0 Å². The van der Waals surface area contributed by atoms with Crippen molar-refractivity contribution in [3.05, 3.63) is 0 Å². The summed E-state index contributed by atoms with van der Waals surface area (Å²) in [5, 5.41) is 9.04. The maximum absolute atomic E-state index is 11.0. The van der Waals surface area contributed by atoms with E-state index in [2.05, 4.69) is 42.4 Å². The van der Waals surface area contributed by atoms with Crippen LogP contribution >= 0.6 is 47.0 Å². The third-order valence-corrected chi connectivity index (χ3v) is 12.4. The Morgan fingerprint density at radius 1 is 0.885 bits per heavy atom. The van der Waals surface area contributed by atoms with Gasteiger partial charge in [0.25, 0.3) is 0 Å². The van der Waals surface area contributed by atoms with Gasteiger partial charge in [-0.05, 0) is 69.7 Å². The summed E-state index contributed by atoms with van der Waals surface area (Å²) in [4.78, 5) is 15.5. The Labute approximate surface area is 175 Å². The van der Waals surface area contributed by atoms with Crippen LogP contribution in [0.1, 0.15) is 32.6 Å². The molecular formula is C18H32N2O2S4. The Balaban J connectivity index is 0.000000152. The predicted octanol–water partition coefficient (Wildman–Crippen LogP) is 3.62. The van der Waals surface area contributed by atoms with E-state index < -0.39 is 5.97 Å². The van der Waals surface area contributed by atoms with E-state index in [9.17, 15) is 4.79 Å². The lowest BCUT2D eigenvalue weighted by Gasteiger charge is -2.31. The molecule has 4 rings (SSSR count). The highest BCUT2D eigenvalue weighted by atomic mass is 32.2. The van der Waals surface area contributed by atoms with Crippen molar-refractivity contribution in [1.82, 2.24) is 9.80 Å². The minimum absolute atomic E-state index is 0.177. The lowest BCUT2D eigenvalue weighted by molar-refractivity contribution is -0.141. The lowest BCUT2D eigenvalue weighted by atomic mass is 10.2. The van der Waals surface area contributed by atoms with Gasteiger partial charge in [0, 0.05) is 19.1 Å². The maximum Gasteiger partial charge on any atom is 0.320 e. The Hall–Kier alpha value is 0.790. The molecule has 4 heterocycles. The fourth-order valence-electron chi connectivity index (χ4n) is 4.14. The molecule has 0 aromatic carbocycles. The quantitative estimate of drug-likeness (QED) is 0.669. The van der Waals surface area contributed by atoms with Gasteiger partial charge in [-0.2, -0.15) is 0 Å². The van der Waals surface area contributed by atoms with Crippen LogP contribution in [0.2, 0.25) is 0 Å². The number of carboxylic acids is 1. The van der Waals surface area contributed by atoms with Gasteiger partial charge in [0.15, 0.2) is 0 Å². The second kappa shape index (κ2) is 9.08. The van der Waals surface area contributed by atoms with Gasteiger partial charge in [0.2, 0.25) is 0 Å². The van der Waals surface area contributed by atoms with Crippen LogP contribution in [0.5, 0.6) is 0 Å². The second-order valence-corrected chi connectivity index (χ2v) is 14.3. The number of hydrogen-bond donors (Lipinski definition) is 1. The predicted molar refractivity (Wildman–Crippen MR) is 120 cm³/mol. The molecule has 0 bridgehead atoms. The fraction of sp³-hybridized carbons (Fsp3) is 0.944. The van der Waals surface area contributed by atoms with E-state index in [-0.39, 0.29) is 10.1 Å². The third kappa shape index (κ3) is 5.03. The molecule has 2 spiro atoms. The van der Waals surface area contributed by atoms with Crippen molar-refractivity contribution >= 4 is 53.0 Å². The van der Waals surface area contributed by atoms with Gasteiger partial charge >= 0.3 is 5.97 Å². The zero-order valence-corrected chi connectivity index (χ0v) is 19.4. The molecule has 0 aromatic heterocycles. The summed E-state index contributed by atoms with van der Waals surface area (Å²) < 4.78 is 0.752. The number of hydrogen-bond acceptors (Lipinski definition) is 7. The van der Waals surface area contributed by atoms with Gasteiger partial charge in [-0.25, -0.2) is 0 Å². The first-order valence-corrected chi connectivity index (χ1v) is 13.5. The third-order valence-electron chi connectivity index (χ3n) is 5.70. The fourth-order valence-corrected chi connectivity index (χ4v) is 11.3. The largest absolute Gasteiger partial charge is 0.480 e. The highest BCUT2D eigenvalue weighted by Crippen LogP contribution is 2.50. The second-order valence-electron chi connectivity index (χ2n) is 7.86. The van der Waals surface area contributed by atoms with Crippen LogP contribution in [-0.4, -0.2) is 91.3 Å². The molecule has 8 heteroatoms. The smallest absolute Gasteiger partial charge is 0.320 e. The van der Waals surface area contributed by atoms with E-state index in [1.165, 1.54) is 48.8 Å². The number of likely N-dealkylation sites (N-methyl/N-ethyl adjacent to an activating group) is 1. The topological polar surface area (TPSA) is 43.8 Å². The molecule has 0 radical (unpaired) electrons. The first-order valence-electron chi connectivity index (χ1n) is 9.54. The summed E-state index contributed by atoms with van der Waals surface area (Å²) in [7, 11) is 4.18. The van der Waals surface area contributed by atoms with Crippen LogP contribution in [0, 0.1) is 0 Å². The summed E-state index contributed by atoms with van der Waals surface area (Å²) in [5.41, 5.74) is 0. The Morgan fingerprint density at radius 3 is 1.73 bits per heavy atom. The minimum Gasteiger partial charge on any atom is -0.480 e. The average Bonchev–Trinajstić information content (AvgIpc) is 3.06. The number of carboxylic acid groups (broad SMARTS) is 1. The van der Waals surface area contributed by atoms with Crippen molar-refractivity contribution < 1.29 is 9.90 Å². The number of aliphatic carboxylic acids is 1. The molecule has 0 unspecified atom stereocenters. The summed E-state index contributed by atoms with van der Waals surface area (Å²) >= 11 is 8.32. The highest BCUT2D eigenvalue weighted by molar-refractivity contribution is 8.19. The molecule has 4 aliphatic heterocycles. The summed E-state index contributed by atoms with van der Waals surface area (Å²) in [6.07, 6.45) is 4.86. The minimum atomic E-state index is -0.670. The Kier molecular flexibility index (Phi) is 7.50. The van der Waals surface area contributed by atoms with E-state index >= 15 is 0 Å². The van der Waals surface area contributed by atoms with Crippen molar-refractivity contribution in [3.63, 3.8) is 0 Å². The van der Waals surface area contributed by atoms with E-state index in [4.69, 9.17) is 5.11 Å². The van der Waals surface area contributed by atoms with E-state index in [1.807, 2.05) is 35.5 Å². The van der Waals surface area contributed by atoms with Crippen LogP contribution in [0.15, 0.2) is 0 Å².